The molecule has 0 saturated carbocycles. The average molecular weight is 207 g/mol. The first kappa shape index (κ1) is 7.59. The van der Waals surface area contributed by atoms with Crippen LogP contribution in [0.5, 0.6) is 0 Å². The first-order valence-electron chi connectivity index (χ1n) is 4.33. The zero-order valence-corrected chi connectivity index (χ0v) is 8.67. The summed E-state index contributed by atoms with van der Waals surface area (Å²) in [6, 6.07) is 4.45. The number of hydrogen-bond donors (Lipinski definition) is 1. The fourth-order valence-corrected chi connectivity index (χ4v) is 3.42. The van der Waals surface area contributed by atoms with Gasteiger partial charge in [0.25, 0.3) is 0 Å². The van der Waals surface area contributed by atoms with Crippen molar-refractivity contribution in [1.29, 1.82) is 0 Å². The van der Waals surface area contributed by atoms with E-state index in [-0.39, 0.29) is 0 Å². The molecule has 2 aromatic rings. The molecule has 1 aliphatic rings. The van der Waals surface area contributed by atoms with Crippen molar-refractivity contribution in [3.05, 3.63) is 34.0 Å². The highest BCUT2D eigenvalue weighted by Gasteiger charge is 2.13. The third kappa shape index (κ3) is 1.19. The number of anilines is 2. The summed E-state index contributed by atoms with van der Waals surface area (Å²) in [6.45, 7) is 0. The molecular formula is C10H9NS2. The number of thiophene rings is 2. The van der Waals surface area contributed by atoms with Gasteiger partial charge in [0.2, 0.25) is 0 Å². The zero-order chi connectivity index (χ0) is 8.67. The molecule has 0 bridgehead atoms. The van der Waals surface area contributed by atoms with E-state index < -0.39 is 0 Å². The van der Waals surface area contributed by atoms with Crippen LogP contribution >= 0.6 is 22.7 Å². The van der Waals surface area contributed by atoms with Gasteiger partial charge in [0.05, 0.1) is 10.0 Å². The van der Waals surface area contributed by atoms with Crippen molar-refractivity contribution < 1.29 is 0 Å². The maximum Gasteiger partial charge on any atom is 0.0965 e. The molecule has 0 aliphatic carbocycles. The van der Waals surface area contributed by atoms with Crippen LogP contribution in [0.15, 0.2) is 22.9 Å². The van der Waals surface area contributed by atoms with Gasteiger partial charge < -0.3 is 5.32 Å². The summed E-state index contributed by atoms with van der Waals surface area (Å²) in [6.07, 6.45) is 2.35. The van der Waals surface area contributed by atoms with E-state index >= 15 is 0 Å². The minimum atomic E-state index is 1.18. The maximum absolute atomic E-state index is 3.50. The zero-order valence-electron chi connectivity index (χ0n) is 7.04. The van der Waals surface area contributed by atoms with Crippen LogP contribution in [0.1, 0.15) is 11.1 Å². The predicted octanol–water partition coefficient (Wildman–Crippen LogP) is 3.65. The van der Waals surface area contributed by atoms with Crippen molar-refractivity contribution in [3.8, 4) is 0 Å². The van der Waals surface area contributed by atoms with Gasteiger partial charge in [0.1, 0.15) is 0 Å². The van der Waals surface area contributed by atoms with Crippen LogP contribution in [-0.2, 0) is 12.8 Å². The molecule has 3 heterocycles. The summed E-state index contributed by atoms with van der Waals surface area (Å²) in [5.74, 6) is 0. The van der Waals surface area contributed by atoms with Crippen molar-refractivity contribution >= 4 is 32.7 Å². The van der Waals surface area contributed by atoms with Crippen LogP contribution in [0, 0.1) is 0 Å². The number of nitrogens with one attached hydrogen (secondary N) is 1. The van der Waals surface area contributed by atoms with Gasteiger partial charge in [-0.3, -0.25) is 0 Å². The van der Waals surface area contributed by atoms with E-state index in [0.717, 1.165) is 0 Å². The first-order chi connectivity index (χ1) is 6.43. The number of rotatable bonds is 0. The minimum absolute atomic E-state index is 1.18. The van der Waals surface area contributed by atoms with E-state index in [0.29, 0.717) is 0 Å². The molecular weight excluding hydrogens is 198 g/mol. The highest BCUT2D eigenvalue weighted by molar-refractivity contribution is 7.16. The van der Waals surface area contributed by atoms with Gasteiger partial charge in [-0.05, 0) is 46.9 Å². The Bertz CT molecular complexity index is 387. The van der Waals surface area contributed by atoms with E-state index in [4.69, 9.17) is 0 Å². The van der Waals surface area contributed by atoms with Crippen LogP contribution in [0.2, 0.25) is 0 Å². The molecule has 1 N–H and O–H groups in total. The summed E-state index contributed by atoms with van der Waals surface area (Å²) in [4.78, 5) is 0. The van der Waals surface area contributed by atoms with Crippen LogP contribution in [-0.4, -0.2) is 0 Å². The highest BCUT2D eigenvalue weighted by atomic mass is 32.1. The average Bonchev–Trinajstić information content (AvgIpc) is 2.72. The lowest BCUT2D eigenvalue weighted by atomic mass is 10.1. The molecule has 0 aromatic carbocycles. The van der Waals surface area contributed by atoms with Crippen LogP contribution < -0.4 is 5.32 Å². The smallest absolute Gasteiger partial charge is 0.0965 e. The standard InChI is InChI=1S/C10H9NS2/c1-2-8-4-6-13-10(8)11-9-7(1)3-5-12-9/h3-6,11H,1-2H2. The van der Waals surface area contributed by atoms with Crippen LogP contribution in [0.25, 0.3) is 0 Å². The summed E-state index contributed by atoms with van der Waals surface area (Å²) < 4.78 is 0. The van der Waals surface area contributed by atoms with Gasteiger partial charge in [0.15, 0.2) is 0 Å². The monoisotopic (exact) mass is 207 g/mol. The second-order valence-electron chi connectivity index (χ2n) is 3.17. The van der Waals surface area contributed by atoms with Gasteiger partial charge in [-0.2, -0.15) is 0 Å². The Balaban J connectivity index is 2.10. The molecule has 0 spiro atoms. The summed E-state index contributed by atoms with van der Waals surface area (Å²) in [5.41, 5.74) is 2.93. The Morgan fingerprint density at radius 3 is 2.00 bits per heavy atom. The molecule has 1 nitrogen and oxygen atoms in total. The Labute approximate surface area is 85.0 Å². The van der Waals surface area contributed by atoms with E-state index in [1.807, 2.05) is 0 Å². The summed E-state index contributed by atoms with van der Waals surface area (Å²) in [5, 5.41) is 10.5. The highest BCUT2D eigenvalue weighted by Crippen LogP contribution is 2.36. The molecule has 0 amide bonds. The quantitative estimate of drug-likeness (QED) is 0.695. The predicted molar refractivity (Wildman–Crippen MR) is 59.3 cm³/mol. The summed E-state index contributed by atoms with van der Waals surface area (Å²) in [7, 11) is 0. The summed E-state index contributed by atoms with van der Waals surface area (Å²) >= 11 is 3.60. The van der Waals surface area contributed by atoms with Crippen molar-refractivity contribution in [3.63, 3.8) is 0 Å². The van der Waals surface area contributed by atoms with Gasteiger partial charge in [0, 0.05) is 0 Å². The van der Waals surface area contributed by atoms with Crippen molar-refractivity contribution in [2.75, 3.05) is 5.32 Å². The van der Waals surface area contributed by atoms with Gasteiger partial charge in [-0.1, -0.05) is 0 Å². The maximum atomic E-state index is 3.50. The molecule has 0 atom stereocenters. The van der Waals surface area contributed by atoms with Gasteiger partial charge in [-0.15, -0.1) is 22.7 Å². The molecule has 13 heavy (non-hydrogen) atoms. The van der Waals surface area contributed by atoms with E-state index in [1.54, 1.807) is 22.7 Å². The second kappa shape index (κ2) is 2.86. The Morgan fingerprint density at radius 1 is 0.923 bits per heavy atom. The molecule has 0 fully saturated rings. The number of fused-ring (bicyclic) bond motifs is 2. The molecule has 0 unspecified atom stereocenters. The lowest BCUT2D eigenvalue weighted by Gasteiger charge is -1.99. The van der Waals surface area contributed by atoms with Crippen molar-refractivity contribution in [1.82, 2.24) is 0 Å². The largest absolute Gasteiger partial charge is 0.339 e. The Hall–Kier alpha value is -0.800. The van der Waals surface area contributed by atoms with Crippen molar-refractivity contribution in [2.45, 2.75) is 12.8 Å². The molecule has 66 valence electrons. The number of aryl methyl sites for hydroxylation is 2. The van der Waals surface area contributed by atoms with E-state index in [1.165, 1.54) is 34.0 Å². The third-order valence-corrected chi connectivity index (χ3v) is 4.13. The molecule has 0 saturated heterocycles. The fourth-order valence-electron chi connectivity index (χ4n) is 1.66. The topological polar surface area (TPSA) is 12.0 Å². The van der Waals surface area contributed by atoms with Gasteiger partial charge in [-0.25, -0.2) is 0 Å². The van der Waals surface area contributed by atoms with E-state index in [9.17, 15) is 0 Å². The normalized spacial score (nSPS) is 14.2. The molecule has 1 aliphatic heterocycles. The van der Waals surface area contributed by atoms with Crippen molar-refractivity contribution in [2.24, 2.45) is 0 Å². The second-order valence-corrected chi connectivity index (χ2v) is 5.01. The molecule has 3 rings (SSSR count). The minimum Gasteiger partial charge on any atom is -0.339 e. The van der Waals surface area contributed by atoms with Gasteiger partial charge >= 0.3 is 0 Å². The lowest BCUT2D eigenvalue weighted by molar-refractivity contribution is 0.985. The van der Waals surface area contributed by atoms with Crippen LogP contribution in [0.3, 0.4) is 0 Å². The molecule has 2 aromatic heterocycles. The van der Waals surface area contributed by atoms with E-state index in [2.05, 4.69) is 28.2 Å². The SMILES string of the molecule is c1cc2c(s1)Nc1sccc1CC2. The first-order valence-corrected chi connectivity index (χ1v) is 6.09. The molecule has 3 heteroatoms. The third-order valence-electron chi connectivity index (χ3n) is 2.38. The Kier molecular flexibility index (Phi) is 1.67. The molecule has 0 radical (unpaired) electrons. The fraction of sp³-hybridized carbons (Fsp3) is 0.200. The lowest BCUT2D eigenvalue weighted by Crippen LogP contribution is -1.84. The Morgan fingerprint density at radius 2 is 1.46 bits per heavy atom. The number of hydrogen-bond acceptors (Lipinski definition) is 3. The van der Waals surface area contributed by atoms with Crippen LogP contribution in [0.4, 0.5) is 10.0 Å².